The van der Waals surface area contributed by atoms with Gasteiger partial charge >= 0.3 is 0 Å². The minimum absolute atomic E-state index is 0. The molecule has 0 atom stereocenters. The number of non-ortho nitro benzene ring substituents is 2. The van der Waals surface area contributed by atoms with E-state index in [2.05, 4.69) is 56.3 Å². The van der Waals surface area contributed by atoms with Crippen molar-refractivity contribution in [3.05, 3.63) is 109 Å². The van der Waals surface area contributed by atoms with Crippen molar-refractivity contribution in [1.29, 1.82) is 0 Å². The van der Waals surface area contributed by atoms with Crippen molar-refractivity contribution in [3.8, 4) is 11.5 Å². The zero-order valence-electron chi connectivity index (χ0n) is 29.3. The summed E-state index contributed by atoms with van der Waals surface area (Å²) in [7, 11) is 3.05. The van der Waals surface area contributed by atoms with Gasteiger partial charge in [0.2, 0.25) is 11.2 Å². The van der Waals surface area contributed by atoms with Gasteiger partial charge in [-0.2, -0.15) is 20.2 Å². The van der Waals surface area contributed by atoms with E-state index in [1.54, 1.807) is 19.1 Å². The van der Waals surface area contributed by atoms with E-state index in [9.17, 15) is 20.2 Å². The van der Waals surface area contributed by atoms with Crippen molar-refractivity contribution in [3.63, 3.8) is 0 Å². The Hall–Kier alpha value is -7.09. The van der Waals surface area contributed by atoms with Crippen LogP contribution in [-0.2, 0) is 0 Å². The molecule has 0 aliphatic rings. The maximum Gasteiger partial charge on any atom is 0.271 e. The summed E-state index contributed by atoms with van der Waals surface area (Å²) in [5.41, 5.74) is 10.0. The monoisotopic (exact) mass is 762 g/mol. The number of hydrogen-bond acceptors (Lipinski definition) is 16. The first-order valence-corrected chi connectivity index (χ1v) is 15.7. The van der Waals surface area contributed by atoms with Crippen molar-refractivity contribution in [2.45, 2.75) is 35.1 Å². The van der Waals surface area contributed by atoms with Gasteiger partial charge in [0.15, 0.2) is 34.8 Å². The number of nitro groups is 2. The van der Waals surface area contributed by atoms with E-state index >= 15 is 0 Å². The molecule has 6 rings (SSSR count). The fourth-order valence-electron chi connectivity index (χ4n) is 4.18. The first-order chi connectivity index (χ1) is 25.3. The molecular weight excluding hydrogens is 724 g/mol. The van der Waals surface area contributed by atoms with E-state index in [-0.39, 0.29) is 30.0 Å². The van der Waals surface area contributed by atoms with Crippen LogP contribution in [0.5, 0.6) is 11.5 Å². The molecule has 0 fully saturated rings. The van der Waals surface area contributed by atoms with Crippen LogP contribution in [0.15, 0.2) is 60.9 Å². The number of nitrogens with zero attached hydrogens (tertiary/aromatic N) is 8. The molecule has 0 aliphatic carbocycles. The quantitative estimate of drug-likeness (QED) is 0.0347. The molecule has 2 aromatic carbocycles. The van der Waals surface area contributed by atoms with E-state index in [1.807, 2.05) is 32.9 Å². The normalized spacial score (nSPS) is 9.98. The standard InChI is InChI=1S/C16H17N7O3.C9H10ClN5O.C7H8N2O2.CH4/c1-9-4-5-11(23(24)25)7-12(9)18-16-17-8-13(26-3)15(20-16)19-14-6-10(2)21-22-14;1-5-3-7(15-14-5)12-8-6(16-2)4-11-9(10)13-8;1-5-2-3-6(9(10)11)4-7(5)8;/h4-8H,1-3H3,(H3,17,18,19,20,21,22);3-4H,1-2H3,(H2,11,12,13,14,15);2-4H,8H2,1H3;1H4. The molecule has 0 unspecified atom stereocenters. The molecule has 0 amide bonds. The summed E-state index contributed by atoms with van der Waals surface area (Å²) in [6, 6.07) is 12.6. The van der Waals surface area contributed by atoms with Gasteiger partial charge in [0.25, 0.3) is 11.4 Å². The lowest BCUT2D eigenvalue weighted by Gasteiger charge is -2.12. The molecular formula is C33H39ClN14O6. The zero-order valence-corrected chi connectivity index (χ0v) is 30.0. The number of nitrogens with two attached hydrogens (primary N) is 1. The van der Waals surface area contributed by atoms with Crippen molar-refractivity contribution in [1.82, 2.24) is 40.3 Å². The predicted octanol–water partition coefficient (Wildman–Crippen LogP) is 7.26. The highest BCUT2D eigenvalue weighted by molar-refractivity contribution is 6.28. The highest BCUT2D eigenvalue weighted by Gasteiger charge is 2.14. The van der Waals surface area contributed by atoms with Crippen LogP contribution in [0.2, 0.25) is 5.28 Å². The third-order valence-electron chi connectivity index (χ3n) is 6.98. The maximum absolute atomic E-state index is 11.0. The van der Waals surface area contributed by atoms with Crippen molar-refractivity contribution in [2.24, 2.45) is 0 Å². The van der Waals surface area contributed by atoms with Crippen LogP contribution in [0.3, 0.4) is 0 Å². The first kappa shape index (κ1) is 41.3. The van der Waals surface area contributed by atoms with Crippen LogP contribution in [0.1, 0.15) is 29.9 Å². The van der Waals surface area contributed by atoms with E-state index in [1.165, 1.54) is 50.9 Å². The first-order valence-electron chi connectivity index (χ1n) is 15.3. The third kappa shape index (κ3) is 11.5. The van der Waals surface area contributed by atoms with Crippen LogP contribution in [0.4, 0.5) is 52.0 Å². The van der Waals surface area contributed by atoms with E-state index in [0.717, 1.165) is 22.5 Å². The molecule has 0 saturated heterocycles. The largest absolute Gasteiger partial charge is 0.491 e. The molecule has 0 radical (unpaired) electrons. The molecule has 7 N–H and O–H groups in total. The smallest absolute Gasteiger partial charge is 0.271 e. The average Bonchev–Trinajstić information content (AvgIpc) is 3.73. The molecule has 0 bridgehead atoms. The van der Waals surface area contributed by atoms with Gasteiger partial charge in [-0.15, -0.1) is 0 Å². The summed E-state index contributed by atoms with van der Waals surface area (Å²) in [5.74, 6) is 3.33. The van der Waals surface area contributed by atoms with Crippen molar-refractivity contribution in [2.75, 3.05) is 35.9 Å². The summed E-state index contributed by atoms with van der Waals surface area (Å²) >= 11 is 5.70. The minimum atomic E-state index is -0.462. The molecule has 6 aromatic rings. The fraction of sp³-hybridized carbons (Fsp3) is 0.212. The van der Waals surface area contributed by atoms with Gasteiger partial charge in [0.1, 0.15) is 0 Å². The van der Waals surface area contributed by atoms with Crippen LogP contribution in [-0.4, -0.2) is 64.4 Å². The number of benzene rings is 2. The Kier molecular flexibility index (Phi) is 14.5. The Balaban J connectivity index is 0.000000238. The topological polar surface area (TPSA) is 276 Å². The van der Waals surface area contributed by atoms with Crippen LogP contribution >= 0.6 is 11.6 Å². The predicted molar refractivity (Wildman–Crippen MR) is 205 cm³/mol. The summed E-state index contributed by atoms with van der Waals surface area (Å²) < 4.78 is 10.4. The molecule has 20 nitrogen and oxygen atoms in total. The summed E-state index contributed by atoms with van der Waals surface area (Å²) in [4.78, 5) is 36.7. The van der Waals surface area contributed by atoms with Gasteiger partial charge in [-0.25, -0.2) is 9.97 Å². The Labute approximate surface area is 314 Å². The number of hydrogen-bond donors (Lipinski definition) is 6. The molecule has 4 aromatic heterocycles. The highest BCUT2D eigenvalue weighted by Crippen LogP contribution is 2.29. The van der Waals surface area contributed by atoms with Gasteiger partial charge < -0.3 is 31.2 Å². The van der Waals surface area contributed by atoms with E-state index in [0.29, 0.717) is 46.1 Å². The molecule has 0 spiro atoms. The molecule has 0 saturated carbocycles. The zero-order chi connectivity index (χ0) is 38.7. The number of nitrogen functional groups attached to an aromatic ring is 1. The summed E-state index contributed by atoms with van der Waals surface area (Å²) in [5, 5.41) is 44.1. The Morgan fingerprint density at radius 1 is 0.722 bits per heavy atom. The lowest BCUT2D eigenvalue weighted by atomic mass is 10.2. The van der Waals surface area contributed by atoms with Gasteiger partial charge in [0, 0.05) is 53.5 Å². The van der Waals surface area contributed by atoms with Gasteiger partial charge in [-0.3, -0.25) is 30.4 Å². The number of methoxy groups -OCH3 is 2. The minimum Gasteiger partial charge on any atom is -0.491 e. The molecule has 284 valence electrons. The second-order valence-electron chi connectivity index (χ2n) is 11.0. The fourth-order valence-corrected chi connectivity index (χ4v) is 4.32. The average molecular weight is 763 g/mol. The molecule has 4 heterocycles. The van der Waals surface area contributed by atoms with Crippen LogP contribution in [0.25, 0.3) is 0 Å². The number of rotatable bonds is 10. The molecule has 0 aliphatic heterocycles. The van der Waals surface area contributed by atoms with E-state index in [4.69, 9.17) is 26.8 Å². The number of aromatic nitrogens is 8. The Morgan fingerprint density at radius 3 is 1.70 bits per heavy atom. The number of anilines is 7. The molecule has 54 heavy (non-hydrogen) atoms. The van der Waals surface area contributed by atoms with Crippen molar-refractivity contribution < 1.29 is 19.3 Å². The number of nitrogens with one attached hydrogen (secondary N) is 5. The van der Waals surface area contributed by atoms with Crippen LogP contribution in [0, 0.1) is 47.9 Å². The van der Waals surface area contributed by atoms with E-state index < -0.39 is 9.85 Å². The number of aromatic amines is 2. The maximum atomic E-state index is 11.0. The number of aryl methyl sites for hydroxylation is 4. The second kappa shape index (κ2) is 18.9. The lowest BCUT2D eigenvalue weighted by Crippen LogP contribution is -2.04. The lowest BCUT2D eigenvalue weighted by molar-refractivity contribution is -0.385. The van der Waals surface area contributed by atoms with Gasteiger partial charge in [-0.05, 0) is 50.4 Å². The Bertz CT molecular complexity index is 2210. The Morgan fingerprint density at radius 2 is 1.22 bits per heavy atom. The van der Waals surface area contributed by atoms with Gasteiger partial charge in [-0.1, -0.05) is 19.6 Å². The molecule has 21 heteroatoms. The SMILES string of the molecule is C.COc1cnc(Cl)nc1Nc1cc(C)[nH]n1.COc1cnc(Nc2cc([N+](=O)[O-])ccc2C)nc1Nc1cc(C)[nH]n1.Cc1ccc([N+](=O)[O-])cc1N. The summed E-state index contributed by atoms with van der Waals surface area (Å²) in [6.07, 6.45) is 3.00. The number of nitro benzene ring substituents is 2. The summed E-state index contributed by atoms with van der Waals surface area (Å²) in [6.45, 7) is 7.43. The van der Waals surface area contributed by atoms with Crippen molar-refractivity contribution >= 4 is 63.6 Å². The van der Waals surface area contributed by atoms with Gasteiger partial charge in [0.05, 0.1) is 42.1 Å². The number of ether oxygens (including phenoxy) is 2. The third-order valence-corrected chi connectivity index (χ3v) is 7.16. The van der Waals surface area contributed by atoms with Crippen LogP contribution < -0.4 is 31.2 Å². The highest BCUT2D eigenvalue weighted by atomic mass is 35.5. The number of H-pyrrole nitrogens is 2. The number of halogens is 1. The second-order valence-corrected chi connectivity index (χ2v) is 11.3.